The quantitative estimate of drug-likeness (QED) is 0.121. The second-order valence-corrected chi connectivity index (χ2v) is 7.65. The van der Waals surface area contributed by atoms with Gasteiger partial charge in [0.1, 0.15) is 0 Å². The van der Waals surface area contributed by atoms with Crippen LogP contribution in [0.5, 0.6) is 0 Å². The first-order chi connectivity index (χ1) is 10.4. The van der Waals surface area contributed by atoms with E-state index in [0.717, 1.165) is 0 Å². The Morgan fingerprint density at radius 1 is 1.42 bits per heavy atom. The van der Waals surface area contributed by atoms with Crippen molar-refractivity contribution in [2.75, 3.05) is 0 Å². The summed E-state index contributed by atoms with van der Waals surface area (Å²) in [6.45, 7) is 8.74. The van der Waals surface area contributed by atoms with Crippen molar-refractivity contribution in [2.45, 2.75) is 42.7 Å². The zero-order valence-corrected chi connectivity index (χ0v) is 19.2. The molecule has 1 aromatic heterocycles. The molecule has 1 saturated carbocycles. The number of rotatable bonds is 5. The summed E-state index contributed by atoms with van der Waals surface area (Å²) in [5, 5.41) is 15.8. The number of hydrogen-bond donors (Lipinski definition) is 0. The minimum Gasteiger partial charge on any atom is -0.748 e. The van der Waals surface area contributed by atoms with E-state index in [4.69, 9.17) is 6.57 Å². The van der Waals surface area contributed by atoms with Gasteiger partial charge >= 0.3 is 59.1 Å². The largest absolute Gasteiger partial charge is 1.00 e. The Morgan fingerprint density at radius 2 is 2.08 bits per heavy atom. The van der Waals surface area contributed by atoms with Gasteiger partial charge in [-0.05, 0) is 26.2 Å². The van der Waals surface area contributed by atoms with E-state index in [-0.39, 0.29) is 78.0 Å². The molecular formula is C11H13N3Na2O6S2. The summed E-state index contributed by atoms with van der Waals surface area (Å²) in [7, 11) is -4.48. The van der Waals surface area contributed by atoms with Crippen LogP contribution in [0.25, 0.3) is 4.85 Å². The number of hydrogen-bond acceptors (Lipinski definition) is 8. The van der Waals surface area contributed by atoms with Gasteiger partial charge in [0, 0.05) is 23.0 Å². The smallest absolute Gasteiger partial charge is 0.748 e. The van der Waals surface area contributed by atoms with Gasteiger partial charge in [0.25, 0.3) is 0 Å². The van der Waals surface area contributed by atoms with Crippen LogP contribution in [0.2, 0.25) is 0 Å². The standard InChI is InChI=1S/C11H15N3O6S2.2Na/c1-7-11(12-2)6-13-14(7)8-3-9(21-20-19-15)5-10(4-8)22(16,17)18;;/h6,8-10,15H,3-5H2,1H3,(H,16,17,18);;/q;2*+1/p-2. The predicted octanol–water partition coefficient (Wildman–Crippen LogP) is -5.37. The molecular weight excluding hydrogens is 380 g/mol. The molecule has 1 aliphatic rings. The Hall–Kier alpha value is 0.840. The first-order valence-corrected chi connectivity index (χ1v) is 8.62. The fourth-order valence-corrected chi connectivity index (χ4v) is 4.47. The summed E-state index contributed by atoms with van der Waals surface area (Å²) >= 11 is 0.694. The maximum atomic E-state index is 11.4. The zero-order valence-electron chi connectivity index (χ0n) is 13.5. The third-order valence-electron chi connectivity index (χ3n) is 3.69. The fourth-order valence-electron chi connectivity index (χ4n) is 2.67. The van der Waals surface area contributed by atoms with Crippen molar-refractivity contribution in [3.05, 3.63) is 23.3 Å². The third kappa shape index (κ3) is 6.22. The van der Waals surface area contributed by atoms with E-state index in [1.165, 1.54) is 6.20 Å². The first kappa shape index (κ1) is 24.8. The fraction of sp³-hybridized carbons (Fsp3) is 0.636. The van der Waals surface area contributed by atoms with Crippen molar-refractivity contribution in [1.29, 1.82) is 0 Å². The van der Waals surface area contributed by atoms with Crippen LogP contribution >= 0.6 is 12.0 Å². The molecule has 1 fully saturated rings. The van der Waals surface area contributed by atoms with E-state index in [1.807, 2.05) is 0 Å². The van der Waals surface area contributed by atoms with E-state index in [2.05, 4.69) is 19.3 Å². The van der Waals surface area contributed by atoms with Crippen molar-refractivity contribution in [2.24, 2.45) is 0 Å². The van der Waals surface area contributed by atoms with Gasteiger partial charge in [-0.2, -0.15) is 9.43 Å². The molecule has 122 valence electrons. The Balaban J connectivity index is 0.00000264. The van der Waals surface area contributed by atoms with E-state index in [0.29, 0.717) is 29.8 Å². The maximum Gasteiger partial charge on any atom is 1.00 e. The van der Waals surface area contributed by atoms with Crippen molar-refractivity contribution in [3.8, 4) is 0 Å². The average molecular weight is 393 g/mol. The van der Waals surface area contributed by atoms with Crippen molar-refractivity contribution >= 4 is 27.8 Å². The van der Waals surface area contributed by atoms with Gasteiger partial charge in [-0.1, -0.05) is 0 Å². The monoisotopic (exact) mass is 393 g/mol. The van der Waals surface area contributed by atoms with E-state index in [9.17, 15) is 18.2 Å². The minimum atomic E-state index is -4.48. The van der Waals surface area contributed by atoms with Crippen LogP contribution in [0.15, 0.2) is 6.20 Å². The molecule has 0 aliphatic heterocycles. The molecule has 3 unspecified atom stereocenters. The van der Waals surface area contributed by atoms with Crippen LogP contribution in [0.1, 0.15) is 31.0 Å². The van der Waals surface area contributed by atoms with Gasteiger partial charge in [-0.3, -0.25) is 9.72 Å². The van der Waals surface area contributed by atoms with Gasteiger partial charge in [-0.25, -0.2) is 13.3 Å². The summed E-state index contributed by atoms with van der Waals surface area (Å²) in [6.07, 6.45) is 2.03. The molecule has 0 spiro atoms. The summed E-state index contributed by atoms with van der Waals surface area (Å²) in [6, 6.07) is -0.370. The zero-order chi connectivity index (χ0) is 16.3. The first-order valence-electron chi connectivity index (χ1n) is 6.35. The van der Waals surface area contributed by atoms with E-state index in [1.54, 1.807) is 11.6 Å². The molecule has 0 saturated heterocycles. The number of nitrogens with zero attached hydrogens (tertiary/aromatic N) is 3. The van der Waals surface area contributed by atoms with Gasteiger partial charge < -0.3 is 9.81 Å². The summed E-state index contributed by atoms with van der Waals surface area (Å²) < 4.78 is 39.9. The van der Waals surface area contributed by atoms with Crippen LogP contribution in [-0.4, -0.2) is 33.3 Å². The second kappa shape index (κ2) is 10.9. The number of aromatic nitrogens is 2. The Morgan fingerprint density at radius 3 is 2.58 bits per heavy atom. The topological polar surface area (TPSA) is 121 Å². The molecule has 0 aromatic carbocycles. The molecule has 2 rings (SSSR count). The third-order valence-corrected chi connectivity index (χ3v) is 5.68. The summed E-state index contributed by atoms with van der Waals surface area (Å²) in [4.78, 5) is 3.32. The molecule has 0 amide bonds. The van der Waals surface area contributed by atoms with Crippen molar-refractivity contribution in [3.63, 3.8) is 0 Å². The van der Waals surface area contributed by atoms with E-state index >= 15 is 0 Å². The molecule has 9 nitrogen and oxygen atoms in total. The molecule has 1 aromatic rings. The molecule has 0 N–H and O–H groups in total. The molecule has 3 atom stereocenters. The van der Waals surface area contributed by atoms with Crippen LogP contribution in [0.4, 0.5) is 5.69 Å². The van der Waals surface area contributed by atoms with Crippen LogP contribution in [0.3, 0.4) is 0 Å². The Bertz CT molecular complexity index is 678. The SMILES string of the molecule is [C-]#[N+]c1cnn(C2CC(SOO[O-])CC(S(=O)(=O)[O-])C2)c1C.[Na+].[Na+]. The van der Waals surface area contributed by atoms with Gasteiger partial charge in [0.15, 0.2) is 0 Å². The molecule has 13 heteroatoms. The Labute approximate surface area is 188 Å². The van der Waals surface area contributed by atoms with Crippen molar-refractivity contribution < 1.29 is 86.7 Å². The molecule has 0 radical (unpaired) electrons. The van der Waals surface area contributed by atoms with Crippen molar-refractivity contribution in [1.82, 2.24) is 9.78 Å². The Kier molecular flexibility index (Phi) is 11.2. The molecule has 1 heterocycles. The van der Waals surface area contributed by atoms with Crippen LogP contribution < -0.4 is 64.4 Å². The predicted molar refractivity (Wildman–Crippen MR) is 73.1 cm³/mol. The van der Waals surface area contributed by atoms with Crippen LogP contribution in [0, 0.1) is 13.5 Å². The van der Waals surface area contributed by atoms with Crippen LogP contribution in [-0.2, 0) is 19.5 Å². The molecule has 24 heavy (non-hydrogen) atoms. The minimum absolute atomic E-state index is 0. The normalized spacial score (nSPS) is 23.7. The summed E-state index contributed by atoms with van der Waals surface area (Å²) in [5.41, 5.74) is 0.976. The van der Waals surface area contributed by atoms with E-state index < -0.39 is 20.6 Å². The maximum absolute atomic E-state index is 11.4. The van der Waals surface area contributed by atoms with Gasteiger partial charge in [0.05, 0.1) is 34.2 Å². The molecule has 0 bridgehead atoms. The van der Waals surface area contributed by atoms with Gasteiger partial charge in [0.2, 0.25) is 5.69 Å². The molecule has 1 aliphatic carbocycles. The van der Waals surface area contributed by atoms with Gasteiger partial charge in [-0.15, -0.1) is 0 Å². The summed E-state index contributed by atoms with van der Waals surface area (Å²) in [5.74, 6) is 0. The average Bonchev–Trinajstić information content (AvgIpc) is 2.84. The second-order valence-electron chi connectivity index (χ2n) is 5.00.